The lowest BCUT2D eigenvalue weighted by atomic mass is 10.0. The Morgan fingerprint density at radius 2 is 1.43 bits per heavy atom. The van der Waals surface area contributed by atoms with Gasteiger partial charge in [0.2, 0.25) is 0 Å². The zero-order valence-corrected chi connectivity index (χ0v) is 19.3. The Labute approximate surface area is 178 Å². The van der Waals surface area contributed by atoms with Crippen LogP contribution < -0.4 is 4.74 Å². The minimum atomic E-state index is -0.0746. The molecule has 1 aromatic rings. The number of carbonyl (C=O) groups excluding carboxylic acids is 1. The van der Waals surface area contributed by atoms with Gasteiger partial charge in [0.05, 0.1) is 0 Å². The highest BCUT2D eigenvalue weighted by Gasteiger charge is 2.20. The molecular formula is C25H42O2S. The van der Waals surface area contributed by atoms with Crippen molar-refractivity contribution in [2.24, 2.45) is 0 Å². The van der Waals surface area contributed by atoms with Gasteiger partial charge in [-0.3, -0.25) is 4.79 Å². The summed E-state index contributed by atoms with van der Waals surface area (Å²) in [6.07, 6.45) is 15.9. The number of carbonyl (C=O) groups is 1. The second kappa shape index (κ2) is 16.9. The van der Waals surface area contributed by atoms with E-state index in [0.717, 1.165) is 37.9 Å². The molecule has 0 fully saturated rings. The van der Waals surface area contributed by atoms with E-state index in [9.17, 15) is 4.79 Å². The molecule has 0 amide bonds. The molecule has 1 aromatic carbocycles. The van der Waals surface area contributed by atoms with Crippen molar-refractivity contribution in [3.8, 4) is 5.75 Å². The van der Waals surface area contributed by atoms with Gasteiger partial charge < -0.3 is 4.74 Å². The molecule has 0 aliphatic rings. The Balaban J connectivity index is 2.36. The van der Waals surface area contributed by atoms with E-state index in [-0.39, 0.29) is 11.2 Å². The van der Waals surface area contributed by atoms with Gasteiger partial charge in [0, 0.05) is 0 Å². The molecule has 0 heterocycles. The monoisotopic (exact) mass is 406 g/mol. The fraction of sp³-hybridized carbons (Fsp3) is 0.720. The summed E-state index contributed by atoms with van der Waals surface area (Å²) in [6, 6.07) is 8.15. The number of unbranched alkanes of at least 4 members (excludes halogenated alkanes) is 8. The van der Waals surface area contributed by atoms with Gasteiger partial charge in [0.1, 0.15) is 11.0 Å². The van der Waals surface area contributed by atoms with Crippen molar-refractivity contribution in [3.05, 3.63) is 29.8 Å². The Kier molecular flexibility index (Phi) is 15.2. The van der Waals surface area contributed by atoms with E-state index in [0.29, 0.717) is 5.75 Å². The summed E-state index contributed by atoms with van der Waals surface area (Å²) in [5.41, 5.74) is 1.34. The van der Waals surface area contributed by atoms with Crippen LogP contribution in [0.25, 0.3) is 0 Å². The zero-order valence-electron chi connectivity index (χ0n) is 18.5. The normalized spacial score (nSPS) is 12.1. The van der Waals surface area contributed by atoms with Crippen molar-refractivity contribution in [1.82, 2.24) is 0 Å². The largest absolute Gasteiger partial charge is 0.426 e. The maximum atomic E-state index is 12.6. The fourth-order valence-corrected chi connectivity index (χ4v) is 4.48. The molecule has 0 radical (unpaired) electrons. The number of thioether (sulfide) groups is 1. The Morgan fingerprint density at radius 3 is 2.07 bits per heavy atom. The lowest BCUT2D eigenvalue weighted by molar-refractivity contribution is -0.133. The Hall–Kier alpha value is -0.960. The summed E-state index contributed by atoms with van der Waals surface area (Å²) in [7, 11) is 0. The molecule has 0 aliphatic heterocycles. The van der Waals surface area contributed by atoms with Crippen LogP contribution in [-0.2, 0) is 11.2 Å². The molecule has 1 unspecified atom stereocenters. The van der Waals surface area contributed by atoms with Crippen molar-refractivity contribution < 1.29 is 9.53 Å². The third-order valence-electron chi connectivity index (χ3n) is 5.11. The number of ether oxygens (including phenoxy) is 1. The fourth-order valence-electron chi connectivity index (χ4n) is 3.22. The van der Waals surface area contributed by atoms with Gasteiger partial charge in [-0.05, 0) is 49.1 Å². The smallest absolute Gasteiger partial charge is 0.324 e. The average molecular weight is 407 g/mol. The maximum absolute atomic E-state index is 12.6. The molecule has 28 heavy (non-hydrogen) atoms. The summed E-state index contributed by atoms with van der Waals surface area (Å²) in [5.74, 6) is 1.65. The van der Waals surface area contributed by atoms with Crippen molar-refractivity contribution in [1.29, 1.82) is 0 Å². The standard InChI is InChI=1S/C25H42O2S/c1-4-7-10-11-12-13-14-15-22-17-19-23(20-18-22)27-25(26)24(16-8-5-2)28-21-9-6-3/h17-20,24H,4-16,21H2,1-3H3. The predicted octanol–water partition coefficient (Wildman–Crippen LogP) is 7.98. The van der Waals surface area contributed by atoms with Crippen LogP contribution in [0.4, 0.5) is 0 Å². The first-order valence-electron chi connectivity index (χ1n) is 11.6. The van der Waals surface area contributed by atoms with E-state index < -0.39 is 0 Å². The maximum Gasteiger partial charge on any atom is 0.324 e. The van der Waals surface area contributed by atoms with E-state index >= 15 is 0 Å². The minimum absolute atomic E-state index is 0.0288. The van der Waals surface area contributed by atoms with Gasteiger partial charge in [-0.25, -0.2) is 0 Å². The number of benzene rings is 1. The molecule has 1 rings (SSSR count). The summed E-state index contributed by atoms with van der Waals surface area (Å²) < 4.78 is 5.68. The summed E-state index contributed by atoms with van der Waals surface area (Å²) in [6.45, 7) is 6.62. The highest BCUT2D eigenvalue weighted by Crippen LogP contribution is 2.23. The molecule has 0 spiro atoms. The molecule has 0 saturated heterocycles. The first kappa shape index (κ1) is 25.1. The van der Waals surface area contributed by atoms with Gasteiger partial charge in [-0.2, -0.15) is 0 Å². The lowest BCUT2D eigenvalue weighted by Gasteiger charge is -2.15. The number of hydrogen-bond acceptors (Lipinski definition) is 3. The molecule has 0 aliphatic carbocycles. The number of hydrogen-bond donors (Lipinski definition) is 0. The first-order valence-corrected chi connectivity index (χ1v) is 12.7. The van der Waals surface area contributed by atoms with Crippen molar-refractivity contribution in [2.45, 2.75) is 109 Å². The summed E-state index contributed by atoms with van der Waals surface area (Å²) in [4.78, 5) is 12.6. The Bertz CT molecular complexity index is 498. The van der Waals surface area contributed by atoms with Crippen LogP contribution in [0.5, 0.6) is 5.75 Å². The van der Waals surface area contributed by atoms with Crippen LogP contribution in [-0.4, -0.2) is 17.0 Å². The van der Waals surface area contributed by atoms with Gasteiger partial charge in [0.25, 0.3) is 0 Å². The van der Waals surface area contributed by atoms with Crippen LogP contribution in [0.15, 0.2) is 24.3 Å². The van der Waals surface area contributed by atoms with Gasteiger partial charge in [0.15, 0.2) is 0 Å². The van der Waals surface area contributed by atoms with E-state index in [2.05, 4.69) is 32.9 Å². The third-order valence-corrected chi connectivity index (χ3v) is 6.47. The van der Waals surface area contributed by atoms with Gasteiger partial charge in [-0.15, -0.1) is 11.8 Å². The first-order chi connectivity index (χ1) is 13.7. The quantitative estimate of drug-likeness (QED) is 0.149. The third kappa shape index (κ3) is 11.8. The number of rotatable bonds is 17. The molecule has 1 atom stereocenters. The highest BCUT2D eigenvalue weighted by atomic mass is 32.2. The molecule has 0 bridgehead atoms. The molecule has 2 nitrogen and oxygen atoms in total. The number of aryl methyl sites for hydroxylation is 1. The van der Waals surface area contributed by atoms with Gasteiger partial charge in [-0.1, -0.05) is 90.7 Å². The topological polar surface area (TPSA) is 26.3 Å². The number of esters is 1. The van der Waals surface area contributed by atoms with E-state index in [4.69, 9.17) is 4.74 Å². The molecule has 0 aromatic heterocycles. The highest BCUT2D eigenvalue weighted by molar-refractivity contribution is 8.00. The molecule has 0 saturated carbocycles. The second-order valence-electron chi connectivity index (χ2n) is 7.79. The average Bonchev–Trinajstić information content (AvgIpc) is 2.71. The van der Waals surface area contributed by atoms with E-state index in [1.165, 1.54) is 56.9 Å². The van der Waals surface area contributed by atoms with Gasteiger partial charge >= 0.3 is 5.97 Å². The lowest BCUT2D eigenvalue weighted by Crippen LogP contribution is -2.23. The minimum Gasteiger partial charge on any atom is -0.426 e. The molecule has 160 valence electrons. The Morgan fingerprint density at radius 1 is 0.821 bits per heavy atom. The van der Waals surface area contributed by atoms with Crippen molar-refractivity contribution in [3.63, 3.8) is 0 Å². The van der Waals surface area contributed by atoms with E-state index in [1.54, 1.807) is 11.8 Å². The van der Waals surface area contributed by atoms with Crippen LogP contribution in [0.2, 0.25) is 0 Å². The molecule has 0 N–H and O–H groups in total. The molecule has 3 heteroatoms. The van der Waals surface area contributed by atoms with Crippen LogP contribution in [0, 0.1) is 0 Å². The van der Waals surface area contributed by atoms with Crippen molar-refractivity contribution >= 4 is 17.7 Å². The van der Waals surface area contributed by atoms with Crippen LogP contribution >= 0.6 is 11.8 Å². The van der Waals surface area contributed by atoms with E-state index in [1.807, 2.05) is 12.1 Å². The molecular weight excluding hydrogens is 364 g/mol. The zero-order chi connectivity index (χ0) is 20.5. The van der Waals surface area contributed by atoms with Crippen molar-refractivity contribution in [2.75, 3.05) is 5.75 Å². The van der Waals surface area contributed by atoms with Crippen LogP contribution in [0.3, 0.4) is 0 Å². The SMILES string of the molecule is CCCCCCCCCc1ccc(OC(=O)C(CCCC)SCCCC)cc1. The summed E-state index contributed by atoms with van der Waals surface area (Å²) in [5, 5.41) is -0.0288. The second-order valence-corrected chi connectivity index (χ2v) is 9.10. The van der Waals surface area contributed by atoms with Crippen LogP contribution in [0.1, 0.15) is 103 Å². The summed E-state index contributed by atoms with van der Waals surface area (Å²) >= 11 is 1.76. The predicted molar refractivity (Wildman–Crippen MR) is 124 cm³/mol.